The molecule has 5 aromatic rings. The molecule has 31 heavy (non-hydrogen) atoms. The lowest BCUT2D eigenvalue weighted by atomic mass is 10.2. The number of aromatic amines is 1. The summed E-state index contributed by atoms with van der Waals surface area (Å²) in [6.45, 7) is 0.790. The van der Waals surface area contributed by atoms with Gasteiger partial charge in [-0.1, -0.05) is 53.7 Å². The van der Waals surface area contributed by atoms with E-state index in [1.807, 2.05) is 78.9 Å². The zero-order chi connectivity index (χ0) is 20.9. The van der Waals surface area contributed by atoms with Crippen molar-refractivity contribution in [3.8, 4) is 17.2 Å². The second kappa shape index (κ2) is 8.62. The summed E-state index contributed by atoms with van der Waals surface area (Å²) in [5, 5.41) is 11.5. The number of aromatic nitrogens is 5. The van der Waals surface area contributed by atoms with Gasteiger partial charge in [-0.05, 0) is 30.3 Å². The van der Waals surface area contributed by atoms with Gasteiger partial charge in [-0.2, -0.15) is 0 Å². The van der Waals surface area contributed by atoms with Crippen LogP contribution in [0.4, 0.5) is 0 Å². The molecule has 0 unspecified atom stereocenters. The number of benzene rings is 3. The molecular formula is C24H20N5O2+. The normalized spacial score (nSPS) is 10.8. The van der Waals surface area contributed by atoms with E-state index in [1.165, 1.54) is 0 Å². The molecule has 7 nitrogen and oxygen atoms in total. The van der Waals surface area contributed by atoms with Crippen LogP contribution in [0.1, 0.15) is 11.3 Å². The number of fused-ring (bicyclic) bond motifs is 1. The van der Waals surface area contributed by atoms with Gasteiger partial charge in [0, 0.05) is 17.0 Å². The molecule has 0 saturated carbocycles. The second-order valence-electron chi connectivity index (χ2n) is 6.98. The van der Waals surface area contributed by atoms with Crippen molar-refractivity contribution in [1.82, 2.24) is 20.5 Å². The molecule has 0 saturated heterocycles. The van der Waals surface area contributed by atoms with Gasteiger partial charge >= 0.3 is 0 Å². The Bertz CT molecular complexity index is 1300. The first-order valence-electron chi connectivity index (χ1n) is 9.91. The molecule has 1 N–H and O–H groups in total. The Kier molecular flexibility index (Phi) is 5.22. The third kappa shape index (κ3) is 4.35. The number of H-pyrrole nitrogens is 1. The van der Waals surface area contributed by atoms with Crippen molar-refractivity contribution in [2.45, 2.75) is 13.2 Å². The monoisotopic (exact) mass is 410 g/mol. The fraction of sp³-hybridized carbons (Fsp3) is 0.0833. The van der Waals surface area contributed by atoms with Crippen LogP contribution in [0.2, 0.25) is 0 Å². The molecule has 5 rings (SSSR count). The average Bonchev–Trinajstić information content (AvgIpc) is 3.37. The van der Waals surface area contributed by atoms with Gasteiger partial charge in [-0.15, -0.1) is 4.68 Å². The maximum absolute atomic E-state index is 6.02. The molecule has 7 heteroatoms. The molecule has 0 fully saturated rings. The zero-order valence-corrected chi connectivity index (χ0v) is 16.7. The molecule has 3 aromatic carbocycles. The van der Waals surface area contributed by atoms with Crippen LogP contribution < -0.4 is 14.2 Å². The molecule has 0 atom stereocenters. The van der Waals surface area contributed by atoms with E-state index < -0.39 is 0 Å². The molecule has 0 aliphatic heterocycles. The van der Waals surface area contributed by atoms with Gasteiger partial charge in [0.25, 0.3) is 6.33 Å². The van der Waals surface area contributed by atoms with Crippen LogP contribution in [0.3, 0.4) is 0 Å². The van der Waals surface area contributed by atoms with E-state index in [9.17, 15) is 0 Å². The standard InChI is InChI=1S/C24H19N5O2/c1-3-10-23-18(6-1)12-13-20(26-23)16-31-22-9-5-8-21(14-22)30-15-19-7-2-4-11-24(19)29-17-25-27-28-29/h1-14,17H,15-16H2/p+1. The highest BCUT2D eigenvalue weighted by atomic mass is 16.5. The highest BCUT2D eigenvalue weighted by Crippen LogP contribution is 2.22. The fourth-order valence-corrected chi connectivity index (χ4v) is 3.32. The van der Waals surface area contributed by atoms with E-state index in [0.29, 0.717) is 13.2 Å². The maximum Gasteiger partial charge on any atom is 0.293 e. The maximum atomic E-state index is 6.02. The predicted molar refractivity (Wildman–Crippen MR) is 115 cm³/mol. The smallest absolute Gasteiger partial charge is 0.293 e. The van der Waals surface area contributed by atoms with Gasteiger partial charge in [-0.25, -0.2) is 4.98 Å². The Labute approximate surface area is 178 Å². The Hall–Kier alpha value is -4.26. The van der Waals surface area contributed by atoms with Crippen molar-refractivity contribution in [2.75, 3.05) is 0 Å². The molecule has 0 amide bonds. The van der Waals surface area contributed by atoms with Gasteiger partial charge < -0.3 is 9.47 Å². The number of nitrogens with zero attached hydrogens (tertiary/aromatic N) is 4. The first kappa shape index (κ1) is 18.7. The molecule has 0 aliphatic rings. The van der Waals surface area contributed by atoms with Crippen molar-refractivity contribution in [2.24, 2.45) is 0 Å². The van der Waals surface area contributed by atoms with E-state index in [0.717, 1.165) is 39.3 Å². The molecule has 0 spiro atoms. The third-order valence-corrected chi connectivity index (χ3v) is 4.87. The van der Waals surface area contributed by atoms with Crippen molar-refractivity contribution < 1.29 is 14.2 Å². The van der Waals surface area contributed by atoms with E-state index in [4.69, 9.17) is 9.47 Å². The van der Waals surface area contributed by atoms with Crippen molar-refractivity contribution in [1.29, 1.82) is 0 Å². The average molecular weight is 410 g/mol. The van der Waals surface area contributed by atoms with Crippen LogP contribution >= 0.6 is 0 Å². The first-order chi connectivity index (χ1) is 15.3. The summed E-state index contributed by atoms with van der Waals surface area (Å²) in [7, 11) is 0. The van der Waals surface area contributed by atoms with Crippen molar-refractivity contribution >= 4 is 10.9 Å². The zero-order valence-electron chi connectivity index (χ0n) is 16.7. The van der Waals surface area contributed by atoms with Crippen LogP contribution in [0.15, 0.2) is 91.3 Å². The first-order valence-corrected chi connectivity index (χ1v) is 9.91. The minimum Gasteiger partial charge on any atom is -0.489 e. The summed E-state index contributed by atoms with van der Waals surface area (Å²) >= 11 is 0. The summed E-state index contributed by atoms with van der Waals surface area (Å²) in [4.78, 5) is 4.65. The van der Waals surface area contributed by atoms with Crippen molar-refractivity contribution in [3.63, 3.8) is 0 Å². The Morgan fingerprint density at radius 3 is 2.45 bits per heavy atom. The van der Waals surface area contributed by atoms with Crippen LogP contribution in [0.25, 0.3) is 16.6 Å². The lowest BCUT2D eigenvalue weighted by Gasteiger charge is -2.11. The number of tetrazole rings is 1. The molecule has 0 radical (unpaired) electrons. The number of nitrogens with one attached hydrogen (secondary N) is 1. The van der Waals surface area contributed by atoms with E-state index in [1.54, 1.807) is 11.0 Å². The van der Waals surface area contributed by atoms with Gasteiger partial charge in [0.2, 0.25) is 0 Å². The summed E-state index contributed by atoms with van der Waals surface area (Å²) in [5.74, 6) is 1.46. The number of pyridine rings is 1. The van der Waals surface area contributed by atoms with Crippen LogP contribution in [-0.2, 0) is 13.2 Å². The van der Waals surface area contributed by atoms with E-state index in [-0.39, 0.29) is 0 Å². The predicted octanol–water partition coefficient (Wildman–Crippen LogP) is 3.79. The van der Waals surface area contributed by atoms with Gasteiger partial charge in [0.15, 0.2) is 5.21 Å². The van der Waals surface area contributed by atoms with Crippen LogP contribution in [-0.4, -0.2) is 20.5 Å². The molecule has 2 heterocycles. The molecule has 0 aliphatic carbocycles. The number of hydrogen-bond acceptors (Lipinski definition) is 5. The van der Waals surface area contributed by atoms with Crippen LogP contribution in [0, 0.1) is 0 Å². The SMILES string of the molecule is c1cc(OCc2ccc3ccccc3n2)cc(OCc2ccccc2-[n+]2cnn[nH]2)c1. The van der Waals surface area contributed by atoms with Crippen LogP contribution in [0.5, 0.6) is 11.5 Å². The highest BCUT2D eigenvalue weighted by Gasteiger charge is 2.10. The summed E-state index contributed by atoms with van der Waals surface area (Å²) in [6, 6.07) is 27.6. The summed E-state index contributed by atoms with van der Waals surface area (Å²) in [6.07, 6.45) is 1.62. The van der Waals surface area contributed by atoms with Gasteiger partial charge in [-0.3, -0.25) is 0 Å². The van der Waals surface area contributed by atoms with E-state index in [2.05, 4.69) is 26.6 Å². The minimum atomic E-state index is 0.389. The molecule has 152 valence electrons. The summed E-state index contributed by atoms with van der Waals surface area (Å²) in [5.41, 5.74) is 3.78. The largest absolute Gasteiger partial charge is 0.489 e. The highest BCUT2D eigenvalue weighted by molar-refractivity contribution is 5.78. The Morgan fingerprint density at radius 2 is 1.58 bits per heavy atom. The summed E-state index contributed by atoms with van der Waals surface area (Å²) < 4.78 is 13.7. The quantitative estimate of drug-likeness (QED) is 0.413. The van der Waals surface area contributed by atoms with Gasteiger partial charge in [0.05, 0.1) is 11.2 Å². The van der Waals surface area contributed by atoms with Crippen molar-refractivity contribution in [3.05, 3.63) is 103 Å². The molecular weight excluding hydrogens is 390 g/mol. The number of hydrogen-bond donors (Lipinski definition) is 1. The molecule has 2 aromatic heterocycles. The second-order valence-corrected chi connectivity index (χ2v) is 6.98. The number of rotatable bonds is 7. The van der Waals surface area contributed by atoms with Gasteiger partial charge in [0.1, 0.15) is 35.5 Å². The number of para-hydroxylation sites is 2. The fourth-order valence-electron chi connectivity index (χ4n) is 3.32. The topological polar surface area (TPSA) is 76.8 Å². The minimum absolute atomic E-state index is 0.389. The Balaban J connectivity index is 1.25. The Morgan fingerprint density at radius 1 is 0.774 bits per heavy atom. The molecule has 0 bridgehead atoms. The van der Waals surface area contributed by atoms with E-state index >= 15 is 0 Å². The lowest BCUT2D eigenvalue weighted by Crippen LogP contribution is -2.33. The lowest BCUT2D eigenvalue weighted by molar-refractivity contribution is -0.661. The number of ether oxygens (including phenoxy) is 2. The third-order valence-electron chi connectivity index (χ3n) is 4.87.